The SMILES string of the molecule is CNC(=O)CSc1nc2cc(C(=O)OC)ccc2c(=O)n1CCc1ccccc1. The standard InChI is InChI=1S/C21H21N3O4S/c1-22-18(25)13-29-21-23-17-12-15(20(27)28-2)8-9-16(17)19(26)24(21)11-10-14-6-4-3-5-7-14/h3-9,12H,10-11,13H2,1-2H3,(H,22,25). The van der Waals surface area contributed by atoms with E-state index in [1.165, 1.54) is 24.9 Å². The lowest BCUT2D eigenvalue weighted by Gasteiger charge is -2.13. The van der Waals surface area contributed by atoms with E-state index in [4.69, 9.17) is 4.74 Å². The number of esters is 1. The fourth-order valence-electron chi connectivity index (χ4n) is 2.84. The topological polar surface area (TPSA) is 90.3 Å². The van der Waals surface area contributed by atoms with Gasteiger partial charge in [0.25, 0.3) is 5.56 Å². The van der Waals surface area contributed by atoms with E-state index < -0.39 is 5.97 Å². The zero-order valence-corrected chi connectivity index (χ0v) is 17.0. The molecule has 2 aromatic carbocycles. The second-order valence-corrected chi connectivity index (χ2v) is 7.21. The lowest BCUT2D eigenvalue weighted by Crippen LogP contribution is -2.26. The van der Waals surface area contributed by atoms with Crippen LogP contribution >= 0.6 is 11.8 Å². The molecule has 3 rings (SSSR count). The number of benzene rings is 2. The number of aryl methyl sites for hydroxylation is 1. The van der Waals surface area contributed by atoms with Gasteiger partial charge in [-0.25, -0.2) is 9.78 Å². The lowest BCUT2D eigenvalue weighted by molar-refractivity contribution is -0.118. The number of methoxy groups -OCH3 is 1. The molecule has 29 heavy (non-hydrogen) atoms. The summed E-state index contributed by atoms with van der Waals surface area (Å²) in [5.74, 6) is -0.528. The molecule has 0 bridgehead atoms. The smallest absolute Gasteiger partial charge is 0.337 e. The molecule has 1 heterocycles. The van der Waals surface area contributed by atoms with E-state index in [1.807, 2.05) is 30.3 Å². The molecule has 8 heteroatoms. The molecule has 1 amide bonds. The predicted molar refractivity (Wildman–Crippen MR) is 112 cm³/mol. The number of amides is 1. The van der Waals surface area contributed by atoms with E-state index in [9.17, 15) is 14.4 Å². The highest BCUT2D eigenvalue weighted by Gasteiger charge is 2.15. The van der Waals surface area contributed by atoms with Gasteiger partial charge in [-0.05, 0) is 30.2 Å². The Kier molecular flexibility index (Phi) is 6.66. The van der Waals surface area contributed by atoms with Crippen LogP contribution in [-0.4, -0.2) is 41.3 Å². The summed E-state index contributed by atoms with van der Waals surface area (Å²) in [6, 6.07) is 14.5. The molecule has 0 atom stereocenters. The predicted octanol–water partition coefficient (Wildman–Crippen LogP) is 2.26. The van der Waals surface area contributed by atoms with Crippen LogP contribution in [0.15, 0.2) is 58.5 Å². The molecule has 0 aliphatic heterocycles. The van der Waals surface area contributed by atoms with Gasteiger partial charge in [-0.3, -0.25) is 14.2 Å². The Bertz CT molecular complexity index is 1100. The quantitative estimate of drug-likeness (QED) is 0.364. The number of nitrogens with one attached hydrogen (secondary N) is 1. The van der Waals surface area contributed by atoms with Crippen molar-refractivity contribution in [1.29, 1.82) is 0 Å². The number of ether oxygens (including phenoxy) is 1. The third-order valence-corrected chi connectivity index (χ3v) is 5.40. The average molecular weight is 411 g/mol. The molecule has 0 radical (unpaired) electrons. The van der Waals surface area contributed by atoms with Crippen LogP contribution in [0.1, 0.15) is 15.9 Å². The van der Waals surface area contributed by atoms with Crippen LogP contribution in [0, 0.1) is 0 Å². The molecule has 0 spiro atoms. The first kappa shape index (κ1) is 20.6. The van der Waals surface area contributed by atoms with Gasteiger partial charge in [0.15, 0.2) is 5.16 Å². The monoisotopic (exact) mass is 411 g/mol. The zero-order chi connectivity index (χ0) is 20.8. The maximum absolute atomic E-state index is 13.1. The Morgan fingerprint density at radius 1 is 1.17 bits per heavy atom. The van der Waals surface area contributed by atoms with Crippen LogP contribution in [0.2, 0.25) is 0 Å². The van der Waals surface area contributed by atoms with E-state index in [-0.39, 0.29) is 17.2 Å². The summed E-state index contributed by atoms with van der Waals surface area (Å²) in [5, 5.41) is 3.41. The first-order chi connectivity index (χ1) is 14.0. The van der Waals surface area contributed by atoms with Crippen molar-refractivity contribution in [1.82, 2.24) is 14.9 Å². The number of carbonyl (C=O) groups excluding carboxylic acids is 2. The first-order valence-corrected chi connectivity index (χ1v) is 10.0. The summed E-state index contributed by atoms with van der Waals surface area (Å²) < 4.78 is 6.33. The molecule has 0 aliphatic rings. The first-order valence-electron chi connectivity index (χ1n) is 9.03. The number of hydrogen-bond donors (Lipinski definition) is 1. The van der Waals surface area contributed by atoms with E-state index >= 15 is 0 Å². The van der Waals surface area contributed by atoms with Crippen molar-refractivity contribution in [3.63, 3.8) is 0 Å². The number of nitrogens with zero attached hydrogens (tertiary/aromatic N) is 2. The van der Waals surface area contributed by atoms with Gasteiger partial charge in [0.1, 0.15) is 0 Å². The van der Waals surface area contributed by atoms with Crippen molar-refractivity contribution >= 4 is 34.5 Å². The Morgan fingerprint density at radius 3 is 2.62 bits per heavy atom. The fraction of sp³-hybridized carbons (Fsp3) is 0.238. The van der Waals surface area contributed by atoms with Gasteiger partial charge in [0, 0.05) is 13.6 Å². The summed E-state index contributed by atoms with van der Waals surface area (Å²) >= 11 is 1.19. The molecule has 1 aromatic heterocycles. The molecular weight excluding hydrogens is 390 g/mol. The summed E-state index contributed by atoms with van der Waals surface area (Å²) in [5.41, 5.74) is 1.61. The molecule has 3 aromatic rings. The van der Waals surface area contributed by atoms with Crippen LogP contribution in [0.4, 0.5) is 0 Å². The molecule has 0 fully saturated rings. The van der Waals surface area contributed by atoms with Crippen LogP contribution in [0.5, 0.6) is 0 Å². The highest BCUT2D eigenvalue weighted by molar-refractivity contribution is 7.99. The third kappa shape index (κ3) is 4.83. The number of fused-ring (bicyclic) bond motifs is 1. The van der Waals surface area contributed by atoms with Crippen molar-refractivity contribution < 1.29 is 14.3 Å². The van der Waals surface area contributed by atoms with Crippen molar-refractivity contribution in [3.8, 4) is 0 Å². The number of aromatic nitrogens is 2. The minimum atomic E-state index is -0.499. The molecule has 0 aliphatic carbocycles. The summed E-state index contributed by atoms with van der Waals surface area (Å²) in [6.07, 6.45) is 0.654. The summed E-state index contributed by atoms with van der Waals surface area (Å²) in [4.78, 5) is 41.2. The number of carbonyl (C=O) groups is 2. The molecule has 0 saturated heterocycles. The van der Waals surface area contributed by atoms with Gasteiger partial charge in [-0.1, -0.05) is 42.1 Å². The minimum absolute atomic E-state index is 0.135. The van der Waals surface area contributed by atoms with Crippen LogP contribution in [0.3, 0.4) is 0 Å². The van der Waals surface area contributed by atoms with E-state index in [2.05, 4.69) is 10.3 Å². The van der Waals surface area contributed by atoms with Gasteiger partial charge in [0.05, 0.1) is 29.3 Å². The molecule has 0 saturated carbocycles. The average Bonchev–Trinajstić information content (AvgIpc) is 2.76. The molecule has 0 unspecified atom stereocenters. The highest BCUT2D eigenvalue weighted by Crippen LogP contribution is 2.19. The van der Waals surface area contributed by atoms with Crippen LogP contribution in [-0.2, 0) is 22.5 Å². The third-order valence-electron chi connectivity index (χ3n) is 4.42. The van der Waals surface area contributed by atoms with Crippen molar-refractivity contribution in [2.24, 2.45) is 0 Å². The second-order valence-electron chi connectivity index (χ2n) is 6.27. The van der Waals surface area contributed by atoms with E-state index in [0.29, 0.717) is 34.6 Å². The van der Waals surface area contributed by atoms with E-state index in [0.717, 1.165) is 5.56 Å². The molecule has 7 nitrogen and oxygen atoms in total. The molecular formula is C21H21N3O4S. The zero-order valence-electron chi connectivity index (χ0n) is 16.2. The Balaban J connectivity index is 2.03. The van der Waals surface area contributed by atoms with Gasteiger partial charge >= 0.3 is 5.97 Å². The van der Waals surface area contributed by atoms with Gasteiger partial charge in [0.2, 0.25) is 5.91 Å². The van der Waals surface area contributed by atoms with Crippen molar-refractivity contribution in [3.05, 3.63) is 70.0 Å². The highest BCUT2D eigenvalue weighted by atomic mass is 32.2. The summed E-state index contributed by atoms with van der Waals surface area (Å²) in [7, 11) is 2.86. The van der Waals surface area contributed by atoms with Crippen LogP contribution in [0.25, 0.3) is 10.9 Å². The number of thioether (sulfide) groups is 1. The van der Waals surface area contributed by atoms with E-state index in [1.54, 1.807) is 23.7 Å². The minimum Gasteiger partial charge on any atom is -0.465 e. The summed E-state index contributed by atoms with van der Waals surface area (Å²) in [6.45, 7) is 0.431. The number of hydrogen-bond acceptors (Lipinski definition) is 6. The Hall–Kier alpha value is -3.13. The maximum Gasteiger partial charge on any atom is 0.337 e. The second kappa shape index (κ2) is 9.38. The maximum atomic E-state index is 13.1. The Labute approximate surface area is 172 Å². The van der Waals surface area contributed by atoms with Gasteiger partial charge in [-0.15, -0.1) is 0 Å². The number of rotatable bonds is 7. The van der Waals surface area contributed by atoms with Crippen molar-refractivity contribution in [2.75, 3.05) is 19.9 Å². The van der Waals surface area contributed by atoms with Crippen LogP contribution < -0.4 is 10.9 Å². The fourth-order valence-corrected chi connectivity index (χ4v) is 3.74. The lowest BCUT2D eigenvalue weighted by atomic mass is 10.1. The molecule has 150 valence electrons. The Morgan fingerprint density at radius 2 is 1.93 bits per heavy atom. The van der Waals surface area contributed by atoms with Crippen molar-refractivity contribution in [2.45, 2.75) is 18.1 Å². The van der Waals surface area contributed by atoms with Gasteiger partial charge < -0.3 is 10.1 Å². The molecule has 1 N–H and O–H groups in total. The largest absolute Gasteiger partial charge is 0.465 e. The normalized spacial score (nSPS) is 10.7. The van der Waals surface area contributed by atoms with Gasteiger partial charge in [-0.2, -0.15) is 0 Å².